The first kappa shape index (κ1) is 18.4. The molecule has 0 aliphatic carbocycles. The number of hydrogen-bond donors (Lipinski definition) is 2. The van der Waals surface area contributed by atoms with Crippen LogP contribution >= 0.6 is 0 Å². The molecular formula is C19H23N3O3. The van der Waals surface area contributed by atoms with Crippen LogP contribution in [-0.4, -0.2) is 30.5 Å². The number of hydrogen-bond acceptors (Lipinski definition) is 5. The van der Waals surface area contributed by atoms with Crippen molar-refractivity contribution in [2.45, 2.75) is 26.2 Å². The van der Waals surface area contributed by atoms with Gasteiger partial charge in [0.05, 0.1) is 12.7 Å². The Kier molecular flexibility index (Phi) is 6.95. The Morgan fingerprint density at radius 1 is 1.12 bits per heavy atom. The largest absolute Gasteiger partial charge is 0.465 e. The van der Waals surface area contributed by atoms with Gasteiger partial charge in [0.2, 0.25) is 0 Å². The normalized spacial score (nSPS) is 10.2. The van der Waals surface area contributed by atoms with Crippen molar-refractivity contribution >= 4 is 23.3 Å². The summed E-state index contributed by atoms with van der Waals surface area (Å²) in [6, 6.07) is 10.4. The van der Waals surface area contributed by atoms with Gasteiger partial charge in [0, 0.05) is 24.1 Å². The van der Waals surface area contributed by atoms with E-state index in [2.05, 4.69) is 22.5 Å². The molecule has 0 saturated heterocycles. The van der Waals surface area contributed by atoms with E-state index in [1.54, 1.807) is 36.5 Å². The number of unbranched alkanes of at least 4 members (excludes halogenated alkanes) is 2. The van der Waals surface area contributed by atoms with E-state index in [-0.39, 0.29) is 5.91 Å². The van der Waals surface area contributed by atoms with Crippen LogP contribution < -0.4 is 10.6 Å². The van der Waals surface area contributed by atoms with E-state index in [0.29, 0.717) is 17.8 Å². The first-order valence-electron chi connectivity index (χ1n) is 8.33. The SMILES string of the molecule is CCCCCNC(=O)c1cc(Nc2cccc(C(=O)OC)c2)ccn1. The van der Waals surface area contributed by atoms with Crippen LogP contribution in [0, 0.1) is 0 Å². The molecule has 1 amide bonds. The molecule has 6 nitrogen and oxygen atoms in total. The molecule has 0 radical (unpaired) electrons. The number of carbonyl (C=O) groups is 2. The van der Waals surface area contributed by atoms with Gasteiger partial charge in [0.1, 0.15) is 5.69 Å². The molecule has 1 heterocycles. The number of ether oxygens (including phenoxy) is 1. The van der Waals surface area contributed by atoms with E-state index in [1.807, 2.05) is 6.07 Å². The molecule has 6 heteroatoms. The average Bonchev–Trinajstić information content (AvgIpc) is 2.65. The van der Waals surface area contributed by atoms with Gasteiger partial charge >= 0.3 is 5.97 Å². The number of methoxy groups -OCH3 is 1. The Morgan fingerprint density at radius 3 is 2.68 bits per heavy atom. The van der Waals surface area contributed by atoms with Crippen molar-refractivity contribution in [2.24, 2.45) is 0 Å². The van der Waals surface area contributed by atoms with Crippen molar-refractivity contribution in [3.05, 3.63) is 53.9 Å². The molecule has 0 unspecified atom stereocenters. The number of carbonyl (C=O) groups excluding carboxylic acids is 2. The van der Waals surface area contributed by atoms with Crippen LogP contribution in [0.4, 0.5) is 11.4 Å². The van der Waals surface area contributed by atoms with Gasteiger partial charge in [-0.15, -0.1) is 0 Å². The number of aromatic nitrogens is 1. The molecule has 2 rings (SSSR count). The minimum atomic E-state index is -0.398. The van der Waals surface area contributed by atoms with Gasteiger partial charge in [0.25, 0.3) is 5.91 Å². The van der Waals surface area contributed by atoms with Gasteiger partial charge in [-0.3, -0.25) is 9.78 Å². The lowest BCUT2D eigenvalue weighted by Gasteiger charge is -2.09. The van der Waals surface area contributed by atoms with E-state index in [1.165, 1.54) is 7.11 Å². The standard InChI is InChI=1S/C19H23N3O3/c1-3-4-5-10-21-18(23)17-13-16(9-11-20-17)22-15-8-6-7-14(12-15)19(24)25-2/h6-9,11-13H,3-5,10H2,1-2H3,(H,20,22)(H,21,23). The maximum absolute atomic E-state index is 12.1. The zero-order chi connectivity index (χ0) is 18.1. The van der Waals surface area contributed by atoms with Gasteiger partial charge in [-0.25, -0.2) is 4.79 Å². The van der Waals surface area contributed by atoms with Crippen molar-refractivity contribution in [3.8, 4) is 0 Å². The Balaban J connectivity index is 2.04. The van der Waals surface area contributed by atoms with E-state index in [0.717, 1.165) is 30.6 Å². The van der Waals surface area contributed by atoms with E-state index in [9.17, 15) is 9.59 Å². The summed E-state index contributed by atoms with van der Waals surface area (Å²) < 4.78 is 4.72. The quantitative estimate of drug-likeness (QED) is 0.567. The lowest BCUT2D eigenvalue weighted by molar-refractivity contribution is 0.0600. The number of benzene rings is 1. The number of pyridine rings is 1. The van der Waals surface area contributed by atoms with Crippen molar-refractivity contribution in [3.63, 3.8) is 0 Å². The summed E-state index contributed by atoms with van der Waals surface area (Å²) in [5.74, 6) is -0.589. The zero-order valence-corrected chi connectivity index (χ0v) is 14.5. The van der Waals surface area contributed by atoms with Crippen LogP contribution in [0.25, 0.3) is 0 Å². The summed E-state index contributed by atoms with van der Waals surface area (Å²) in [5.41, 5.74) is 2.25. The predicted octanol–water partition coefficient (Wildman–Crippen LogP) is 3.53. The maximum atomic E-state index is 12.1. The second kappa shape index (κ2) is 9.42. The molecule has 0 fully saturated rings. The summed E-state index contributed by atoms with van der Waals surface area (Å²) in [6.45, 7) is 2.76. The van der Waals surface area contributed by atoms with Crippen molar-refractivity contribution < 1.29 is 14.3 Å². The first-order valence-corrected chi connectivity index (χ1v) is 8.33. The Hall–Kier alpha value is -2.89. The van der Waals surface area contributed by atoms with E-state index < -0.39 is 5.97 Å². The molecule has 1 aromatic carbocycles. The number of amides is 1. The molecule has 25 heavy (non-hydrogen) atoms. The summed E-state index contributed by atoms with van der Waals surface area (Å²) in [5, 5.41) is 6.03. The van der Waals surface area contributed by atoms with Crippen LogP contribution in [0.3, 0.4) is 0 Å². The minimum absolute atomic E-state index is 0.192. The molecule has 0 aliphatic heterocycles. The predicted molar refractivity (Wildman–Crippen MR) is 97.2 cm³/mol. The minimum Gasteiger partial charge on any atom is -0.465 e. The molecule has 0 saturated carbocycles. The van der Waals surface area contributed by atoms with Crippen LogP contribution in [-0.2, 0) is 4.74 Å². The highest BCUT2D eigenvalue weighted by atomic mass is 16.5. The lowest BCUT2D eigenvalue weighted by Crippen LogP contribution is -2.25. The van der Waals surface area contributed by atoms with Gasteiger partial charge in [-0.1, -0.05) is 25.8 Å². The van der Waals surface area contributed by atoms with Crippen LogP contribution in [0.2, 0.25) is 0 Å². The first-order chi connectivity index (χ1) is 12.1. The fourth-order valence-corrected chi connectivity index (χ4v) is 2.31. The summed E-state index contributed by atoms with van der Waals surface area (Å²) in [6.07, 6.45) is 4.73. The van der Waals surface area contributed by atoms with Crippen molar-refractivity contribution in [1.29, 1.82) is 0 Å². The Bertz CT molecular complexity index is 731. The number of esters is 1. The molecule has 2 N–H and O–H groups in total. The summed E-state index contributed by atoms with van der Waals surface area (Å²) >= 11 is 0. The zero-order valence-electron chi connectivity index (χ0n) is 14.5. The highest BCUT2D eigenvalue weighted by Gasteiger charge is 2.09. The number of rotatable bonds is 8. The van der Waals surface area contributed by atoms with E-state index in [4.69, 9.17) is 4.74 Å². The molecule has 132 valence electrons. The molecule has 0 spiro atoms. The van der Waals surface area contributed by atoms with Crippen LogP contribution in [0.15, 0.2) is 42.6 Å². The van der Waals surface area contributed by atoms with Crippen molar-refractivity contribution in [1.82, 2.24) is 10.3 Å². The molecule has 0 aliphatic rings. The average molecular weight is 341 g/mol. The van der Waals surface area contributed by atoms with Gasteiger partial charge in [-0.05, 0) is 36.8 Å². The number of nitrogens with one attached hydrogen (secondary N) is 2. The van der Waals surface area contributed by atoms with Crippen molar-refractivity contribution in [2.75, 3.05) is 19.0 Å². The third-order valence-corrected chi connectivity index (χ3v) is 3.63. The summed E-state index contributed by atoms with van der Waals surface area (Å²) in [4.78, 5) is 27.8. The topological polar surface area (TPSA) is 80.3 Å². The third kappa shape index (κ3) is 5.60. The second-order valence-corrected chi connectivity index (χ2v) is 5.59. The Labute approximate surface area is 147 Å². The molecule has 0 atom stereocenters. The fraction of sp³-hybridized carbons (Fsp3) is 0.316. The molecule has 1 aromatic heterocycles. The van der Waals surface area contributed by atoms with Gasteiger partial charge < -0.3 is 15.4 Å². The molecular weight excluding hydrogens is 318 g/mol. The Morgan fingerprint density at radius 2 is 1.92 bits per heavy atom. The van der Waals surface area contributed by atoms with E-state index >= 15 is 0 Å². The second-order valence-electron chi connectivity index (χ2n) is 5.59. The fourth-order valence-electron chi connectivity index (χ4n) is 2.31. The monoisotopic (exact) mass is 341 g/mol. The number of anilines is 2. The van der Waals surface area contributed by atoms with Crippen LogP contribution in [0.5, 0.6) is 0 Å². The highest BCUT2D eigenvalue weighted by molar-refractivity contribution is 5.93. The molecule has 2 aromatic rings. The lowest BCUT2D eigenvalue weighted by atomic mass is 10.2. The smallest absolute Gasteiger partial charge is 0.337 e. The van der Waals surface area contributed by atoms with Gasteiger partial charge in [0.15, 0.2) is 0 Å². The van der Waals surface area contributed by atoms with Crippen LogP contribution in [0.1, 0.15) is 47.0 Å². The van der Waals surface area contributed by atoms with Gasteiger partial charge in [-0.2, -0.15) is 0 Å². The maximum Gasteiger partial charge on any atom is 0.337 e. The third-order valence-electron chi connectivity index (χ3n) is 3.63. The molecule has 0 bridgehead atoms. The summed E-state index contributed by atoms with van der Waals surface area (Å²) in [7, 11) is 1.34. The number of nitrogens with zero attached hydrogens (tertiary/aromatic N) is 1. The highest BCUT2D eigenvalue weighted by Crippen LogP contribution is 2.18.